The molecule has 6 heteroatoms. The first-order chi connectivity index (χ1) is 10.3. The maximum atomic E-state index is 12.9. The number of carbonyl (C=O) groups is 1. The molecule has 112 valence electrons. The summed E-state index contributed by atoms with van der Waals surface area (Å²) in [6.07, 6.45) is -4.50. The Morgan fingerprint density at radius 1 is 0.955 bits per heavy atom. The van der Waals surface area contributed by atoms with Gasteiger partial charge >= 0.3 is 12.1 Å². The van der Waals surface area contributed by atoms with Crippen LogP contribution in [0.25, 0.3) is 21.5 Å². The normalized spacial score (nSPS) is 12.0. The molecule has 0 aliphatic rings. The molecule has 0 aliphatic carbocycles. The van der Waals surface area contributed by atoms with Gasteiger partial charge in [-0.2, -0.15) is 13.2 Å². The van der Waals surface area contributed by atoms with E-state index in [1.54, 1.807) is 12.1 Å². The van der Waals surface area contributed by atoms with Gasteiger partial charge in [0, 0.05) is 5.02 Å². The van der Waals surface area contributed by atoms with Gasteiger partial charge in [-0.25, -0.2) is 4.79 Å². The highest BCUT2D eigenvalue weighted by Crippen LogP contribution is 2.36. The van der Waals surface area contributed by atoms with Crippen LogP contribution in [0.3, 0.4) is 0 Å². The Balaban J connectivity index is 2.50. The molecule has 0 radical (unpaired) electrons. The van der Waals surface area contributed by atoms with Gasteiger partial charge in [0.1, 0.15) is 0 Å². The van der Waals surface area contributed by atoms with Gasteiger partial charge in [-0.05, 0) is 51.9 Å². The van der Waals surface area contributed by atoms with Gasteiger partial charge in [0.2, 0.25) is 0 Å². The molecule has 0 saturated carbocycles. The van der Waals surface area contributed by atoms with Crippen LogP contribution in [0.15, 0.2) is 42.5 Å². The molecule has 3 rings (SSSR count). The Labute approximate surface area is 127 Å². The zero-order valence-electron chi connectivity index (χ0n) is 10.9. The number of benzene rings is 3. The fourth-order valence-corrected chi connectivity index (χ4v) is 2.65. The average molecular weight is 325 g/mol. The molecular weight excluding hydrogens is 317 g/mol. The minimum atomic E-state index is -4.50. The third-order valence-electron chi connectivity index (χ3n) is 3.47. The third-order valence-corrected chi connectivity index (χ3v) is 3.71. The first kappa shape index (κ1) is 14.7. The van der Waals surface area contributed by atoms with E-state index in [1.807, 2.05) is 0 Å². The number of halogens is 4. The summed E-state index contributed by atoms with van der Waals surface area (Å²) in [6.45, 7) is 0. The number of alkyl halides is 3. The lowest BCUT2D eigenvalue weighted by molar-refractivity contribution is -0.137. The van der Waals surface area contributed by atoms with Crippen LogP contribution in [0.4, 0.5) is 13.2 Å². The SMILES string of the molecule is O=C(O)c1cc2ccc(Cl)cc2c2cc(C(F)(F)F)ccc12. The Morgan fingerprint density at radius 2 is 1.68 bits per heavy atom. The van der Waals surface area contributed by atoms with Crippen LogP contribution in [0, 0.1) is 0 Å². The number of fused-ring (bicyclic) bond motifs is 3. The number of carboxylic acids is 1. The summed E-state index contributed by atoms with van der Waals surface area (Å²) in [7, 11) is 0. The fraction of sp³-hybridized carbons (Fsp3) is 0.0625. The summed E-state index contributed by atoms with van der Waals surface area (Å²) >= 11 is 5.91. The van der Waals surface area contributed by atoms with E-state index in [2.05, 4.69) is 0 Å². The van der Waals surface area contributed by atoms with Gasteiger partial charge in [0.25, 0.3) is 0 Å². The second kappa shape index (κ2) is 4.88. The Kier molecular flexibility index (Phi) is 3.25. The number of hydrogen-bond donors (Lipinski definition) is 1. The van der Waals surface area contributed by atoms with Crippen molar-refractivity contribution in [2.45, 2.75) is 6.18 Å². The molecule has 0 aromatic heterocycles. The van der Waals surface area contributed by atoms with Gasteiger partial charge in [0.05, 0.1) is 11.1 Å². The monoisotopic (exact) mass is 324 g/mol. The quantitative estimate of drug-likeness (QED) is 0.611. The molecule has 2 nitrogen and oxygen atoms in total. The van der Waals surface area contributed by atoms with E-state index >= 15 is 0 Å². The summed E-state index contributed by atoms with van der Waals surface area (Å²) in [4.78, 5) is 11.4. The molecule has 0 amide bonds. The van der Waals surface area contributed by atoms with Crippen LogP contribution in [-0.2, 0) is 6.18 Å². The second-order valence-electron chi connectivity index (χ2n) is 4.85. The van der Waals surface area contributed by atoms with Crippen LogP contribution >= 0.6 is 11.6 Å². The first-order valence-electron chi connectivity index (χ1n) is 6.24. The van der Waals surface area contributed by atoms with Crippen molar-refractivity contribution < 1.29 is 23.1 Å². The van der Waals surface area contributed by atoms with Crippen LogP contribution in [-0.4, -0.2) is 11.1 Å². The van der Waals surface area contributed by atoms with Crippen LogP contribution in [0.1, 0.15) is 15.9 Å². The lowest BCUT2D eigenvalue weighted by atomic mass is 9.95. The Bertz CT molecular complexity index is 917. The lowest BCUT2D eigenvalue weighted by Gasteiger charge is -2.12. The maximum Gasteiger partial charge on any atom is 0.416 e. The zero-order valence-corrected chi connectivity index (χ0v) is 11.7. The van der Waals surface area contributed by atoms with Gasteiger partial charge in [0.15, 0.2) is 0 Å². The van der Waals surface area contributed by atoms with E-state index in [9.17, 15) is 23.1 Å². The van der Waals surface area contributed by atoms with E-state index in [0.29, 0.717) is 15.8 Å². The van der Waals surface area contributed by atoms with Crippen molar-refractivity contribution in [3.63, 3.8) is 0 Å². The van der Waals surface area contributed by atoms with Crippen molar-refractivity contribution in [3.8, 4) is 0 Å². The molecule has 0 bridgehead atoms. The van der Waals surface area contributed by atoms with Crippen molar-refractivity contribution in [3.05, 3.63) is 58.6 Å². The molecular formula is C16H8ClF3O2. The first-order valence-corrected chi connectivity index (χ1v) is 6.62. The molecule has 0 spiro atoms. The molecule has 1 N–H and O–H groups in total. The smallest absolute Gasteiger partial charge is 0.416 e. The molecule has 0 saturated heterocycles. The lowest BCUT2D eigenvalue weighted by Crippen LogP contribution is -2.05. The highest BCUT2D eigenvalue weighted by Gasteiger charge is 2.31. The summed E-state index contributed by atoms with van der Waals surface area (Å²) < 4.78 is 38.7. The fourth-order valence-electron chi connectivity index (χ4n) is 2.48. The summed E-state index contributed by atoms with van der Waals surface area (Å²) in [5.41, 5.74) is -0.873. The molecule has 3 aromatic carbocycles. The molecule has 0 heterocycles. The zero-order chi connectivity index (χ0) is 16.1. The molecule has 22 heavy (non-hydrogen) atoms. The molecule has 3 aromatic rings. The van der Waals surface area contributed by atoms with Gasteiger partial charge in [-0.3, -0.25) is 0 Å². The number of aromatic carboxylic acids is 1. The summed E-state index contributed by atoms with van der Waals surface area (Å²) in [5.74, 6) is -1.19. The van der Waals surface area contributed by atoms with Crippen LogP contribution in [0.5, 0.6) is 0 Å². The molecule has 0 atom stereocenters. The second-order valence-corrected chi connectivity index (χ2v) is 5.29. The van der Waals surface area contributed by atoms with Crippen molar-refractivity contribution in [2.75, 3.05) is 0 Å². The molecule has 0 unspecified atom stereocenters. The van der Waals surface area contributed by atoms with Gasteiger partial charge < -0.3 is 5.11 Å². The number of carboxylic acid groups (broad SMARTS) is 1. The minimum absolute atomic E-state index is 0.0430. The maximum absolute atomic E-state index is 12.9. The predicted molar refractivity (Wildman–Crippen MR) is 78.4 cm³/mol. The highest BCUT2D eigenvalue weighted by atomic mass is 35.5. The Hall–Kier alpha value is -2.27. The summed E-state index contributed by atoms with van der Waals surface area (Å²) in [5, 5.41) is 11.1. The average Bonchev–Trinajstić information content (AvgIpc) is 2.44. The van der Waals surface area contributed by atoms with E-state index in [4.69, 9.17) is 11.6 Å². The summed E-state index contributed by atoms with van der Waals surface area (Å²) in [6, 6.07) is 9.14. The topological polar surface area (TPSA) is 37.3 Å². The largest absolute Gasteiger partial charge is 0.478 e. The van der Waals surface area contributed by atoms with Crippen molar-refractivity contribution >= 4 is 39.1 Å². The molecule has 0 aliphatic heterocycles. The van der Waals surface area contributed by atoms with Crippen LogP contribution in [0.2, 0.25) is 5.02 Å². The molecule has 0 fully saturated rings. The third kappa shape index (κ3) is 2.37. The van der Waals surface area contributed by atoms with Crippen LogP contribution < -0.4 is 0 Å². The minimum Gasteiger partial charge on any atom is -0.478 e. The van der Waals surface area contributed by atoms with Gasteiger partial charge in [-0.1, -0.05) is 23.7 Å². The van der Waals surface area contributed by atoms with Crippen molar-refractivity contribution in [2.24, 2.45) is 0 Å². The highest BCUT2D eigenvalue weighted by molar-refractivity contribution is 6.32. The van der Waals surface area contributed by atoms with Gasteiger partial charge in [-0.15, -0.1) is 0 Å². The standard InChI is InChI=1S/C16H8ClF3O2/c17-10-3-1-8-5-14(15(21)22)11-4-2-9(16(18,19)20)6-13(11)12(8)7-10/h1-7H,(H,21,22). The van der Waals surface area contributed by atoms with E-state index < -0.39 is 17.7 Å². The van der Waals surface area contributed by atoms with E-state index in [1.165, 1.54) is 18.2 Å². The van der Waals surface area contributed by atoms with Crippen molar-refractivity contribution in [1.82, 2.24) is 0 Å². The van der Waals surface area contributed by atoms with Crippen molar-refractivity contribution in [1.29, 1.82) is 0 Å². The Morgan fingerprint density at radius 3 is 2.32 bits per heavy atom. The van der Waals surface area contributed by atoms with E-state index in [-0.39, 0.29) is 16.3 Å². The number of rotatable bonds is 1. The van der Waals surface area contributed by atoms with E-state index in [0.717, 1.165) is 12.1 Å². The predicted octanol–water partition coefficient (Wildman–Crippen LogP) is 5.36. The number of hydrogen-bond acceptors (Lipinski definition) is 1.